The van der Waals surface area contributed by atoms with Crippen LogP contribution in [0, 0.1) is 10.1 Å². The Morgan fingerprint density at radius 3 is 2.41 bits per heavy atom. The van der Waals surface area contributed by atoms with Crippen molar-refractivity contribution in [3.05, 3.63) is 82.0 Å². The van der Waals surface area contributed by atoms with E-state index in [1.165, 1.54) is 24.3 Å². The molecule has 2 aromatic carbocycles. The monoisotopic (exact) mass is 364 g/mol. The molecule has 0 atom stereocenters. The molecule has 0 aliphatic heterocycles. The maximum Gasteiger partial charge on any atom is 0.270 e. The fourth-order valence-corrected chi connectivity index (χ4v) is 2.55. The first-order valence-electron chi connectivity index (χ1n) is 8.47. The minimum Gasteiger partial charge on any atom is -0.306 e. The maximum absolute atomic E-state index is 12.7. The molecule has 0 fully saturated rings. The van der Waals surface area contributed by atoms with Gasteiger partial charge < -0.3 is 5.32 Å². The molecule has 138 valence electrons. The van der Waals surface area contributed by atoms with E-state index in [4.69, 9.17) is 0 Å². The first kappa shape index (κ1) is 18.3. The van der Waals surface area contributed by atoms with Crippen molar-refractivity contribution >= 4 is 17.4 Å². The molecule has 3 rings (SSSR count). The molecule has 7 heteroatoms. The van der Waals surface area contributed by atoms with Gasteiger partial charge in [-0.2, -0.15) is 5.10 Å². The maximum atomic E-state index is 12.7. The Morgan fingerprint density at radius 1 is 1.07 bits per heavy atom. The fourth-order valence-electron chi connectivity index (χ4n) is 2.55. The molecule has 7 nitrogen and oxygen atoms in total. The van der Waals surface area contributed by atoms with E-state index in [2.05, 4.69) is 10.4 Å². The summed E-state index contributed by atoms with van der Waals surface area (Å²) in [5.41, 5.74) is 1.50. The molecule has 0 aliphatic rings. The normalized spacial score (nSPS) is 11.2. The zero-order valence-corrected chi connectivity index (χ0v) is 15.3. The average Bonchev–Trinajstić information content (AvgIpc) is 3.06. The number of carbonyl (C=O) groups excluding carboxylic acids is 1. The number of amides is 1. The summed E-state index contributed by atoms with van der Waals surface area (Å²) in [7, 11) is 0. The van der Waals surface area contributed by atoms with Gasteiger partial charge in [-0.05, 0) is 18.2 Å². The van der Waals surface area contributed by atoms with E-state index in [1.807, 2.05) is 57.2 Å². The van der Waals surface area contributed by atoms with E-state index in [9.17, 15) is 14.9 Å². The number of carbonyl (C=O) groups is 1. The molecular formula is C20H20N4O3. The number of anilines is 1. The van der Waals surface area contributed by atoms with Gasteiger partial charge >= 0.3 is 0 Å². The summed E-state index contributed by atoms with van der Waals surface area (Å²) in [5, 5.41) is 18.4. The first-order valence-corrected chi connectivity index (χ1v) is 8.47. The summed E-state index contributed by atoms with van der Waals surface area (Å²) in [6, 6.07) is 16.9. The van der Waals surface area contributed by atoms with Gasteiger partial charge in [0.25, 0.3) is 11.6 Å². The molecule has 0 bridgehead atoms. The molecule has 0 saturated carbocycles. The molecule has 3 aromatic rings. The SMILES string of the molecule is CC(C)(C)c1cc(NC(=O)c2cccc([N+](=O)[O-])c2)n(-c2ccccc2)n1. The highest BCUT2D eigenvalue weighted by Gasteiger charge is 2.22. The van der Waals surface area contributed by atoms with E-state index in [-0.39, 0.29) is 16.7 Å². The largest absolute Gasteiger partial charge is 0.306 e. The Bertz CT molecular complexity index is 988. The smallest absolute Gasteiger partial charge is 0.270 e. The molecule has 0 aliphatic carbocycles. The lowest BCUT2D eigenvalue weighted by Gasteiger charge is -2.14. The number of hydrogen-bond donors (Lipinski definition) is 1. The van der Waals surface area contributed by atoms with Gasteiger partial charge in [0.1, 0.15) is 5.82 Å². The highest BCUT2D eigenvalue weighted by Crippen LogP contribution is 2.26. The topological polar surface area (TPSA) is 90.1 Å². The molecule has 1 heterocycles. The molecule has 1 aromatic heterocycles. The summed E-state index contributed by atoms with van der Waals surface area (Å²) in [6.07, 6.45) is 0. The lowest BCUT2D eigenvalue weighted by molar-refractivity contribution is -0.384. The summed E-state index contributed by atoms with van der Waals surface area (Å²) in [6.45, 7) is 6.12. The van der Waals surface area contributed by atoms with Gasteiger partial charge in [-0.3, -0.25) is 14.9 Å². The number of hydrogen-bond acceptors (Lipinski definition) is 4. The van der Waals surface area contributed by atoms with Crippen LogP contribution in [-0.4, -0.2) is 20.6 Å². The van der Waals surface area contributed by atoms with Crippen LogP contribution in [0.2, 0.25) is 0 Å². The van der Waals surface area contributed by atoms with Gasteiger partial charge in [0.2, 0.25) is 0 Å². The van der Waals surface area contributed by atoms with Crippen molar-refractivity contribution in [2.45, 2.75) is 26.2 Å². The van der Waals surface area contributed by atoms with E-state index in [0.717, 1.165) is 11.4 Å². The number of benzene rings is 2. The van der Waals surface area contributed by atoms with Crippen molar-refractivity contribution in [3.63, 3.8) is 0 Å². The number of para-hydroxylation sites is 1. The third-order valence-corrected chi connectivity index (χ3v) is 4.04. The lowest BCUT2D eigenvalue weighted by atomic mass is 9.92. The summed E-state index contributed by atoms with van der Waals surface area (Å²) < 4.78 is 1.66. The van der Waals surface area contributed by atoms with Crippen LogP contribution in [0.1, 0.15) is 36.8 Å². The molecule has 0 unspecified atom stereocenters. The summed E-state index contributed by atoms with van der Waals surface area (Å²) >= 11 is 0. The minimum atomic E-state index is -0.525. The van der Waals surface area contributed by atoms with Crippen LogP contribution in [-0.2, 0) is 5.41 Å². The van der Waals surface area contributed by atoms with E-state index >= 15 is 0 Å². The Morgan fingerprint density at radius 2 is 1.78 bits per heavy atom. The van der Waals surface area contributed by atoms with Crippen LogP contribution < -0.4 is 5.32 Å². The molecule has 1 amide bonds. The minimum absolute atomic E-state index is 0.130. The van der Waals surface area contributed by atoms with Gasteiger partial charge in [0, 0.05) is 29.2 Å². The number of nitro groups is 1. The van der Waals surface area contributed by atoms with Gasteiger partial charge in [0.05, 0.1) is 16.3 Å². The predicted octanol–water partition coefficient (Wildman–Crippen LogP) is 4.33. The number of nitrogens with zero attached hydrogens (tertiary/aromatic N) is 3. The zero-order valence-electron chi connectivity index (χ0n) is 15.3. The fraction of sp³-hybridized carbons (Fsp3) is 0.200. The van der Waals surface area contributed by atoms with E-state index in [1.54, 1.807) is 4.68 Å². The van der Waals surface area contributed by atoms with E-state index < -0.39 is 10.8 Å². The number of rotatable bonds is 4. The third-order valence-electron chi connectivity index (χ3n) is 4.04. The van der Waals surface area contributed by atoms with Crippen LogP contribution in [0.4, 0.5) is 11.5 Å². The second-order valence-corrected chi connectivity index (χ2v) is 7.17. The van der Waals surface area contributed by atoms with Gasteiger partial charge in [0.15, 0.2) is 0 Å². The summed E-state index contributed by atoms with van der Waals surface area (Å²) in [4.78, 5) is 23.1. The summed E-state index contributed by atoms with van der Waals surface area (Å²) in [5.74, 6) is 0.0684. The number of nitro benzene ring substituents is 1. The van der Waals surface area contributed by atoms with Crippen LogP contribution in [0.5, 0.6) is 0 Å². The van der Waals surface area contributed by atoms with E-state index in [0.29, 0.717) is 5.82 Å². The number of non-ortho nitro benzene ring substituents is 1. The highest BCUT2D eigenvalue weighted by atomic mass is 16.6. The number of nitrogens with one attached hydrogen (secondary N) is 1. The highest BCUT2D eigenvalue weighted by molar-refractivity contribution is 6.04. The molecule has 0 spiro atoms. The van der Waals surface area contributed by atoms with Crippen molar-refractivity contribution in [3.8, 4) is 5.69 Å². The second-order valence-electron chi connectivity index (χ2n) is 7.17. The van der Waals surface area contributed by atoms with Crippen LogP contribution >= 0.6 is 0 Å². The molecule has 1 N–H and O–H groups in total. The van der Waals surface area contributed by atoms with Gasteiger partial charge in [-0.1, -0.05) is 45.0 Å². The molecular weight excluding hydrogens is 344 g/mol. The Hall–Kier alpha value is -3.48. The Balaban J connectivity index is 1.98. The quantitative estimate of drug-likeness (QED) is 0.551. The van der Waals surface area contributed by atoms with Crippen molar-refractivity contribution in [2.75, 3.05) is 5.32 Å². The zero-order chi connectivity index (χ0) is 19.6. The van der Waals surface area contributed by atoms with Crippen molar-refractivity contribution in [2.24, 2.45) is 0 Å². The second kappa shape index (κ2) is 7.03. The lowest BCUT2D eigenvalue weighted by Crippen LogP contribution is -2.15. The van der Waals surface area contributed by atoms with Crippen LogP contribution in [0.15, 0.2) is 60.7 Å². The Kier molecular flexibility index (Phi) is 4.77. The van der Waals surface area contributed by atoms with Crippen LogP contribution in [0.25, 0.3) is 5.69 Å². The van der Waals surface area contributed by atoms with Gasteiger partial charge in [-0.15, -0.1) is 0 Å². The predicted molar refractivity (Wildman–Crippen MR) is 103 cm³/mol. The standard InChI is InChI=1S/C20H20N4O3/c1-20(2,3)17-13-18(23(22-17)15-9-5-4-6-10-15)21-19(25)14-8-7-11-16(12-14)24(26)27/h4-13H,1-3H3,(H,21,25). The molecule has 0 saturated heterocycles. The molecule has 27 heavy (non-hydrogen) atoms. The third kappa shape index (κ3) is 4.03. The van der Waals surface area contributed by atoms with Crippen LogP contribution in [0.3, 0.4) is 0 Å². The number of aromatic nitrogens is 2. The average molecular weight is 364 g/mol. The van der Waals surface area contributed by atoms with Crippen molar-refractivity contribution in [1.82, 2.24) is 9.78 Å². The Labute approximate surface area is 156 Å². The molecule has 0 radical (unpaired) electrons. The first-order chi connectivity index (χ1) is 12.8. The van der Waals surface area contributed by atoms with Crippen molar-refractivity contribution < 1.29 is 9.72 Å². The van der Waals surface area contributed by atoms with Gasteiger partial charge in [-0.25, -0.2) is 4.68 Å². The van der Waals surface area contributed by atoms with Crippen molar-refractivity contribution in [1.29, 1.82) is 0 Å².